The lowest BCUT2D eigenvalue weighted by Gasteiger charge is -2.36. The molecule has 2 N–H and O–H groups in total. The molecule has 1 aromatic carbocycles. The van der Waals surface area contributed by atoms with Crippen molar-refractivity contribution in [1.29, 1.82) is 0 Å². The fourth-order valence-corrected chi connectivity index (χ4v) is 5.20. The van der Waals surface area contributed by atoms with E-state index in [1.807, 2.05) is 37.2 Å². The summed E-state index contributed by atoms with van der Waals surface area (Å²) in [6, 6.07) is 5.32. The van der Waals surface area contributed by atoms with E-state index in [0.29, 0.717) is 53.5 Å². The van der Waals surface area contributed by atoms with Gasteiger partial charge in [-0.2, -0.15) is 10.1 Å². The molecule has 2 saturated heterocycles. The number of nitrogens with one attached hydrogen (secondary N) is 2. The van der Waals surface area contributed by atoms with E-state index in [4.69, 9.17) is 33.2 Å². The van der Waals surface area contributed by atoms with Crippen molar-refractivity contribution < 1.29 is 4.79 Å². The van der Waals surface area contributed by atoms with Gasteiger partial charge in [-0.3, -0.25) is 9.48 Å². The third-order valence-corrected chi connectivity index (χ3v) is 7.04. The number of nitrogens with zero attached hydrogens (tertiary/aromatic N) is 6. The standard InChI is InChI=1S/C23H28Cl2N8O/c1-14(16-6-5-15(24)12-17(16)25)27-21-20-19(13-31(2)30-20)28-23(29-21)33-10-8-32(9-11-33)22(34)18-4-3-7-26-18/h5-6,12-14,18,26H,3-4,7-11H2,1-2H3,(H,27,28,29)/t14-,18-/m1/s1. The van der Waals surface area contributed by atoms with Crippen LogP contribution in [0.3, 0.4) is 0 Å². The summed E-state index contributed by atoms with van der Waals surface area (Å²) in [7, 11) is 1.87. The summed E-state index contributed by atoms with van der Waals surface area (Å²) in [5.74, 6) is 1.48. The van der Waals surface area contributed by atoms with Gasteiger partial charge in [-0.1, -0.05) is 29.3 Å². The summed E-state index contributed by atoms with van der Waals surface area (Å²) < 4.78 is 1.74. The summed E-state index contributed by atoms with van der Waals surface area (Å²) in [5.41, 5.74) is 2.38. The number of rotatable bonds is 5. The van der Waals surface area contributed by atoms with Crippen molar-refractivity contribution in [2.24, 2.45) is 7.05 Å². The van der Waals surface area contributed by atoms with Gasteiger partial charge in [0.05, 0.1) is 18.3 Å². The molecule has 2 aliphatic rings. The third kappa shape index (κ3) is 4.64. The van der Waals surface area contributed by atoms with Gasteiger partial charge in [0.1, 0.15) is 5.52 Å². The molecule has 2 fully saturated rings. The molecule has 0 bridgehead atoms. The van der Waals surface area contributed by atoms with Gasteiger partial charge in [0.2, 0.25) is 11.9 Å². The Morgan fingerprint density at radius 3 is 2.71 bits per heavy atom. The fraction of sp³-hybridized carbons (Fsp3) is 0.478. The first-order chi connectivity index (χ1) is 16.4. The predicted octanol–water partition coefficient (Wildman–Crippen LogP) is 3.24. The monoisotopic (exact) mass is 502 g/mol. The van der Waals surface area contributed by atoms with E-state index in [1.165, 1.54) is 0 Å². The van der Waals surface area contributed by atoms with Crippen LogP contribution in [0.1, 0.15) is 31.4 Å². The average Bonchev–Trinajstić information content (AvgIpc) is 3.48. The van der Waals surface area contributed by atoms with Crippen molar-refractivity contribution in [3.05, 3.63) is 40.0 Å². The molecule has 0 saturated carbocycles. The Labute approximate surface area is 208 Å². The molecule has 34 heavy (non-hydrogen) atoms. The lowest BCUT2D eigenvalue weighted by atomic mass is 10.1. The molecular weight excluding hydrogens is 475 g/mol. The molecule has 0 aliphatic carbocycles. The van der Waals surface area contributed by atoms with Crippen LogP contribution in [0.15, 0.2) is 24.4 Å². The minimum absolute atomic E-state index is 0.0356. The maximum absolute atomic E-state index is 12.8. The molecule has 0 unspecified atom stereocenters. The first-order valence-electron chi connectivity index (χ1n) is 11.6. The zero-order chi connectivity index (χ0) is 23.8. The van der Waals surface area contributed by atoms with Crippen molar-refractivity contribution >= 4 is 51.9 Å². The lowest BCUT2D eigenvalue weighted by Crippen LogP contribution is -2.53. The highest BCUT2D eigenvalue weighted by atomic mass is 35.5. The molecule has 0 radical (unpaired) electrons. The number of hydrogen-bond donors (Lipinski definition) is 2. The molecule has 9 nitrogen and oxygen atoms in total. The van der Waals surface area contributed by atoms with Gasteiger partial charge in [0, 0.05) is 43.3 Å². The highest BCUT2D eigenvalue weighted by Gasteiger charge is 2.30. The molecule has 3 aromatic rings. The highest BCUT2D eigenvalue weighted by Crippen LogP contribution is 2.31. The fourth-order valence-electron chi connectivity index (χ4n) is 4.63. The number of aryl methyl sites for hydroxylation is 1. The Balaban J connectivity index is 1.36. The normalized spacial score (nSPS) is 19.6. The first-order valence-corrected chi connectivity index (χ1v) is 12.3. The maximum atomic E-state index is 12.8. The van der Waals surface area contributed by atoms with Gasteiger partial charge in [-0.25, -0.2) is 4.98 Å². The van der Waals surface area contributed by atoms with Crippen molar-refractivity contribution in [2.45, 2.75) is 31.8 Å². The number of fused-ring (bicyclic) bond motifs is 1. The van der Waals surface area contributed by atoms with Crippen LogP contribution < -0.4 is 15.5 Å². The van der Waals surface area contributed by atoms with Gasteiger partial charge in [-0.15, -0.1) is 0 Å². The van der Waals surface area contributed by atoms with Gasteiger partial charge < -0.3 is 20.4 Å². The zero-order valence-electron chi connectivity index (χ0n) is 19.3. The first kappa shape index (κ1) is 23.1. The molecule has 0 spiro atoms. The Morgan fingerprint density at radius 2 is 2.00 bits per heavy atom. The average molecular weight is 503 g/mol. The summed E-state index contributed by atoms with van der Waals surface area (Å²) in [6.07, 6.45) is 3.87. The van der Waals surface area contributed by atoms with Crippen molar-refractivity contribution in [3.63, 3.8) is 0 Å². The van der Waals surface area contributed by atoms with E-state index in [-0.39, 0.29) is 18.0 Å². The third-order valence-electron chi connectivity index (χ3n) is 6.48. The van der Waals surface area contributed by atoms with E-state index in [9.17, 15) is 4.79 Å². The molecule has 5 rings (SSSR count). The number of hydrogen-bond acceptors (Lipinski definition) is 7. The van der Waals surface area contributed by atoms with Crippen molar-refractivity contribution in [2.75, 3.05) is 42.9 Å². The highest BCUT2D eigenvalue weighted by molar-refractivity contribution is 6.35. The number of carbonyl (C=O) groups is 1. The number of aromatic nitrogens is 4. The molecular formula is C23H28Cl2N8O. The number of piperazine rings is 1. The van der Waals surface area contributed by atoms with Crippen LogP contribution >= 0.6 is 23.2 Å². The Morgan fingerprint density at radius 1 is 1.21 bits per heavy atom. The number of amides is 1. The predicted molar refractivity (Wildman–Crippen MR) is 135 cm³/mol. The quantitative estimate of drug-likeness (QED) is 0.553. The minimum atomic E-state index is -0.119. The second-order valence-corrected chi connectivity index (χ2v) is 9.75. The van der Waals surface area contributed by atoms with Crippen LogP contribution in [0.5, 0.6) is 0 Å². The smallest absolute Gasteiger partial charge is 0.239 e. The largest absolute Gasteiger partial charge is 0.361 e. The summed E-state index contributed by atoms with van der Waals surface area (Å²) in [4.78, 5) is 26.4. The summed E-state index contributed by atoms with van der Waals surface area (Å²) in [6.45, 7) is 5.62. The zero-order valence-corrected chi connectivity index (χ0v) is 20.8. The van der Waals surface area contributed by atoms with Crippen LogP contribution in [-0.4, -0.2) is 69.3 Å². The maximum Gasteiger partial charge on any atom is 0.239 e. The van der Waals surface area contributed by atoms with Gasteiger partial charge in [-0.05, 0) is 44.0 Å². The van der Waals surface area contributed by atoms with Crippen LogP contribution in [0.25, 0.3) is 11.0 Å². The second kappa shape index (κ2) is 9.56. The van der Waals surface area contributed by atoms with Gasteiger partial charge in [0.15, 0.2) is 11.3 Å². The van der Waals surface area contributed by atoms with Crippen LogP contribution in [0, 0.1) is 0 Å². The molecule has 180 valence electrons. The Bertz CT molecular complexity index is 1200. The van der Waals surface area contributed by atoms with Crippen LogP contribution in [0.4, 0.5) is 11.8 Å². The van der Waals surface area contributed by atoms with Gasteiger partial charge >= 0.3 is 0 Å². The van der Waals surface area contributed by atoms with E-state index in [2.05, 4.69) is 20.6 Å². The van der Waals surface area contributed by atoms with E-state index < -0.39 is 0 Å². The lowest BCUT2D eigenvalue weighted by molar-refractivity contribution is -0.133. The number of anilines is 2. The molecule has 2 aromatic heterocycles. The SMILES string of the molecule is C[C@@H](Nc1nc(N2CCN(C(=O)[C@H]3CCCN3)CC2)nc2cn(C)nc12)c1ccc(Cl)cc1Cl. The Hall–Kier alpha value is -2.62. The number of carbonyl (C=O) groups excluding carboxylic acids is 1. The van der Waals surface area contributed by atoms with E-state index >= 15 is 0 Å². The number of halogens is 2. The molecule has 2 aliphatic heterocycles. The summed E-state index contributed by atoms with van der Waals surface area (Å²) >= 11 is 12.5. The Kier molecular flexibility index (Phi) is 6.50. The second-order valence-electron chi connectivity index (χ2n) is 8.90. The van der Waals surface area contributed by atoms with E-state index in [0.717, 1.165) is 30.5 Å². The topological polar surface area (TPSA) is 91.2 Å². The van der Waals surface area contributed by atoms with Crippen LogP contribution in [-0.2, 0) is 11.8 Å². The van der Waals surface area contributed by atoms with E-state index in [1.54, 1.807) is 10.7 Å². The molecule has 1 amide bonds. The number of benzene rings is 1. The van der Waals surface area contributed by atoms with Crippen molar-refractivity contribution in [1.82, 2.24) is 30.0 Å². The molecule has 2 atom stereocenters. The van der Waals surface area contributed by atoms with Crippen molar-refractivity contribution in [3.8, 4) is 0 Å². The van der Waals surface area contributed by atoms with Gasteiger partial charge in [0.25, 0.3) is 0 Å². The molecule has 11 heteroatoms. The molecule has 4 heterocycles. The van der Waals surface area contributed by atoms with Crippen LogP contribution in [0.2, 0.25) is 10.0 Å². The summed E-state index contributed by atoms with van der Waals surface area (Å²) in [5, 5.41) is 12.5. The minimum Gasteiger partial charge on any atom is -0.361 e.